The highest BCUT2D eigenvalue weighted by Gasteiger charge is 2.30. The maximum absolute atomic E-state index is 13.7. The van der Waals surface area contributed by atoms with Crippen molar-refractivity contribution in [2.45, 2.75) is 25.9 Å². The van der Waals surface area contributed by atoms with Crippen LogP contribution in [-0.4, -0.2) is 39.9 Å². The van der Waals surface area contributed by atoms with Crippen LogP contribution in [0.4, 0.5) is 5.13 Å². The van der Waals surface area contributed by atoms with E-state index in [0.717, 1.165) is 23.1 Å². The largest absolute Gasteiger partial charge is 0.376 e. The lowest BCUT2D eigenvalue weighted by atomic mass is 10.2. The van der Waals surface area contributed by atoms with Gasteiger partial charge in [-0.3, -0.25) is 14.5 Å². The van der Waals surface area contributed by atoms with Gasteiger partial charge in [-0.25, -0.2) is 9.67 Å². The molecule has 1 atom stereocenters. The summed E-state index contributed by atoms with van der Waals surface area (Å²) in [5.74, 6) is -0.504. The zero-order valence-corrected chi connectivity index (χ0v) is 19.5. The number of amides is 1. The zero-order valence-electron chi connectivity index (χ0n) is 17.9. The Morgan fingerprint density at radius 3 is 2.79 bits per heavy atom. The third-order valence-corrected chi connectivity index (χ3v) is 6.94. The molecule has 1 aliphatic rings. The Kier molecular flexibility index (Phi) is 5.97. The molecule has 1 saturated heterocycles. The van der Waals surface area contributed by atoms with E-state index in [9.17, 15) is 9.59 Å². The van der Waals surface area contributed by atoms with Crippen molar-refractivity contribution in [1.29, 1.82) is 0 Å². The molecule has 33 heavy (non-hydrogen) atoms. The van der Waals surface area contributed by atoms with Crippen LogP contribution in [0.5, 0.6) is 0 Å². The van der Waals surface area contributed by atoms with Gasteiger partial charge in [0.05, 0.1) is 33.6 Å². The predicted octanol–water partition coefficient (Wildman–Crippen LogP) is 4.63. The van der Waals surface area contributed by atoms with E-state index in [0.29, 0.717) is 34.7 Å². The van der Waals surface area contributed by atoms with Gasteiger partial charge in [-0.05, 0) is 44.0 Å². The normalized spacial score (nSPS) is 15.8. The number of hydrogen-bond donors (Lipinski definition) is 0. The summed E-state index contributed by atoms with van der Waals surface area (Å²) in [4.78, 5) is 32.8. The Hall–Kier alpha value is -3.07. The molecule has 1 amide bonds. The lowest BCUT2D eigenvalue weighted by molar-refractivity contribution is 0.0911. The Balaban J connectivity index is 1.59. The van der Waals surface area contributed by atoms with E-state index >= 15 is 0 Å². The average Bonchev–Trinajstić information content (AvgIpc) is 3.47. The second kappa shape index (κ2) is 9.05. The average molecular weight is 481 g/mol. The summed E-state index contributed by atoms with van der Waals surface area (Å²) in [6.07, 6.45) is 1.67. The molecular formula is C24H21ClN4O3S. The monoisotopic (exact) mass is 480 g/mol. The molecule has 0 bridgehead atoms. The van der Waals surface area contributed by atoms with Crippen molar-refractivity contribution < 1.29 is 9.53 Å². The summed E-state index contributed by atoms with van der Waals surface area (Å²) in [5.41, 5.74) is 1.34. The molecule has 1 aliphatic heterocycles. The van der Waals surface area contributed by atoms with E-state index in [1.165, 1.54) is 27.0 Å². The van der Waals surface area contributed by atoms with Crippen molar-refractivity contribution >= 4 is 44.2 Å². The topological polar surface area (TPSA) is 77.3 Å². The van der Waals surface area contributed by atoms with Crippen molar-refractivity contribution in [3.8, 4) is 5.69 Å². The molecule has 2 aromatic carbocycles. The number of aryl methyl sites for hydroxylation is 1. The number of nitrogens with zero attached hydrogens (tertiary/aromatic N) is 4. The van der Waals surface area contributed by atoms with Gasteiger partial charge in [-0.15, -0.1) is 0 Å². The van der Waals surface area contributed by atoms with Gasteiger partial charge in [0, 0.05) is 18.4 Å². The van der Waals surface area contributed by atoms with Gasteiger partial charge in [0.2, 0.25) is 5.43 Å². The Morgan fingerprint density at radius 2 is 2.03 bits per heavy atom. The third kappa shape index (κ3) is 4.29. The first-order chi connectivity index (χ1) is 16.0. The van der Waals surface area contributed by atoms with Crippen LogP contribution in [-0.2, 0) is 4.74 Å². The van der Waals surface area contributed by atoms with E-state index in [4.69, 9.17) is 16.3 Å². The summed E-state index contributed by atoms with van der Waals surface area (Å²) in [6.45, 7) is 2.72. The summed E-state index contributed by atoms with van der Waals surface area (Å²) < 4.78 is 8.27. The Morgan fingerprint density at radius 1 is 1.24 bits per heavy atom. The molecule has 0 unspecified atom stereocenters. The van der Waals surface area contributed by atoms with Crippen molar-refractivity contribution in [3.05, 3.63) is 81.2 Å². The number of hydrogen-bond acceptors (Lipinski definition) is 6. The number of rotatable bonds is 5. The number of carbonyl (C=O) groups excluding carboxylic acids is 1. The first-order valence-electron chi connectivity index (χ1n) is 10.7. The van der Waals surface area contributed by atoms with Crippen LogP contribution in [0.15, 0.2) is 59.4 Å². The number of para-hydroxylation sites is 2. The summed E-state index contributed by atoms with van der Waals surface area (Å²) >= 11 is 7.76. The Labute approximate surface area is 199 Å². The standard InChI is InChI=1S/C24H21ClN4O3S/c1-15-13-20(30)22(27-29(15)19-10-4-2-8-17(19)25)23(31)28(14-16-7-6-12-32-16)24-26-18-9-3-5-11-21(18)33-24/h2-5,8-11,13,16H,6-7,12,14H2,1H3/t16-/m1/s1. The molecule has 0 N–H and O–H groups in total. The molecule has 0 spiro atoms. The lowest BCUT2D eigenvalue weighted by Gasteiger charge is -2.23. The minimum Gasteiger partial charge on any atom is -0.376 e. The van der Waals surface area contributed by atoms with Gasteiger partial charge in [-0.2, -0.15) is 5.10 Å². The minimum atomic E-state index is -0.504. The van der Waals surface area contributed by atoms with Crippen molar-refractivity contribution in [2.24, 2.45) is 0 Å². The van der Waals surface area contributed by atoms with Crippen LogP contribution in [0.1, 0.15) is 29.0 Å². The highest BCUT2D eigenvalue weighted by molar-refractivity contribution is 7.22. The second-order valence-electron chi connectivity index (χ2n) is 7.88. The van der Waals surface area contributed by atoms with E-state index in [2.05, 4.69) is 10.1 Å². The summed E-state index contributed by atoms with van der Waals surface area (Å²) in [6, 6.07) is 16.3. The molecule has 0 saturated carbocycles. The number of carbonyl (C=O) groups is 1. The number of thiazole rings is 1. The maximum Gasteiger partial charge on any atom is 0.284 e. The molecule has 3 heterocycles. The first-order valence-corrected chi connectivity index (χ1v) is 11.9. The van der Waals surface area contributed by atoms with Crippen molar-refractivity contribution in [2.75, 3.05) is 18.1 Å². The van der Waals surface area contributed by atoms with E-state index in [1.54, 1.807) is 19.1 Å². The van der Waals surface area contributed by atoms with E-state index in [-0.39, 0.29) is 11.8 Å². The van der Waals surface area contributed by atoms with Crippen LogP contribution in [0.2, 0.25) is 5.02 Å². The molecule has 9 heteroatoms. The number of ether oxygens (including phenoxy) is 1. The van der Waals surface area contributed by atoms with Crippen LogP contribution in [0, 0.1) is 6.92 Å². The van der Waals surface area contributed by atoms with Gasteiger partial charge < -0.3 is 4.74 Å². The summed E-state index contributed by atoms with van der Waals surface area (Å²) in [5, 5.41) is 5.43. The van der Waals surface area contributed by atoms with Gasteiger partial charge in [0.1, 0.15) is 0 Å². The van der Waals surface area contributed by atoms with Gasteiger partial charge >= 0.3 is 0 Å². The molecule has 5 rings (SSSR count). The molecule has 1 fully saturated rings. The number of fused-ring (bicyclic) bond motifs is 1. The van der Waals surface area contributed by atoms with Crippen LogP contribution >= 0.6 is 22.9 Å². The van der Waals surface area contributed by atoms with Crippen LogP contribution in [0.25, 0.3) is 15.9 Å². The number of halogens is 1. The Bertz CT molecular complexity index is 1360. The quantitative estimate of drug-likeness (QED) is 0.416. The predicted molar refractivity (Wildman–Crippen MR) is 130 cm³/mol. The number of anilines is 1. The van der Waals surface area contributed by atoms with Crippen molar-refractivity contribution in [3.63, 3.8) is 0 Å². The summed E-state index contributed by atoms with van der Waals surface area (Å²) in [7, 11) is 0. The van der Waals surface area contributed by atoms with E-state index in [1.807, 2.05) is 36.4 Å². The zero-order chi connectivity index (χ0) is 22.9. The van der Waals surface area contributed by atoms with Gasteiger partial charge in [0.15, 0.2) is 10.8 Å². The molecule has 168 valence electrons. The van der Waals surface area contributed by atoms with Crippen LogP contribution < -0.4 is 10.3 Å². The number of aromatic nitrogens is 3. The third-order valence-electron chi connectivity index (χ3n) is 5.56. The fraction of sp³-hybridized carbons (Fsp3) is 0.250. The fourth-order valence-electron chi connectivity index (χ4n) is 3.91. The molecule has 0 radical (unpaired) electrons. The minimum absolute atomic E-state index is 0.114. The highest BCUT2D eigenvalue weighted by atomic mass is 35.5. The molecule has 4 aromatic rings. The SMILES string of the molecule is Cc1cc(=O)c(C(=O)N(C[C@H]2CCCO2)c2nc3ccccc3s2)nn1-c1ccccc1Cl. The molecule has 7 nitrogen and oxygen atoms in total. The molecular weight excluding hydrogens is 460 g/mol. The maximum atomic E-state index is 13.7. The first kappa shape index (κ1) is 21.8. The van der Waals surface area contributed by atoms with Gasteiger partial charge in [0.25, 0.3) is 5.91 Å². The van der Waals surface area contributed by atoms with Crippen LogP contribution in [0.3, 0.4) is 0 Å². The van der Waals surface area contributed by atoms with Gasteiger partial charge in [-0.1, -0.05) is 47.2 Å². The van der Waals surface area contributed by atoms with Crippen molar-refractivity contribution in [1.82, 2.24) is 14.8 Å². The second-order valence-corrected chi connectivity index (χ2v) is 9.29. The molecule has 0 aliphatic carbocycles. The molecule has 2 aromatic heterocycles. The highest BCUT2D eigenvalue weighted by Crippen LogP contribution is 2.30. The smallest absolute Gasteiger partial charge is 0.284 e. The number of benzene rings is 2. The fourth-order valence-corrected chi connectivity index (χ4v) is 5.10. The van der Waals surface area contributed by atoms with E-state index < -0.39 is 11.3 Å². The lowest BCUT2D eigenvalue weighted by Crippen LogP contribution is -2.40.